The van der Waals surface area contributed by atoms with Gasteiger partial charge in [-0.15, -0.1) is 0 Å². The van der Waals surface area contributed by atoms with Crippen LogP contribution in [-0.2, 0) is 6.18 Å². The van der Waals surface area contributed by atoms with Crippen LogP contribution in [0.25, 0.3) is 0 Å². The van der Waals surface area contributed by atoms with Crippen LogP contribution in [0.3, 0.4) is 0 Å². The minimum atomic E-state index is -4.26. The summed E-state index contributed by atoms with van der Waals surface area (Å²) in [6.07, 6.45) is 0.534. The smallest absolute Gasteiger partial charge is 0.385 e. The molecule has 0 saturated carbocycles. The number of hydrogen-bond acceptors (Lipinski definition) is 1. The van der Waals surface area contributed by atoms with E-state index >= 15 is 0 Å². The topological polar surface area (TPSA) is 12.0 Å². The van der Waals surface area contributed by atoms with Crippen LogP contribution in [0.5, 0.6) is 0 Å². The Balaban J connectivity index is 2.52. The first-order chi connectivity index (χ1) is 7.54. The second-order valence-electron chi connectivity index (χ2n) is 3.36. The van der Waals surface area contributed by atoms with Gasteiger partial charge in [0.15, 0.2) is 0 Å². The van der Waals surface area contributed by atoms with E-state index in [1.165, 1.54) is 12.1 Å². The number of rotatable bonds is 4. The van der Waals surface area contributed by atoms with Crippen molar-refractivity contribution in [1.29, 1.82) is 0 Å². The molecule has 0 radical (unpaired) electrons. The Labute approximate surface area is 93.0 Å². The SMILES string of the molecule is C/C=C/CCNc1ccc(C(F)(F)F)cc1. The number of hydrogen-bond donors (Lipinski definition) is 1. The number of allylic oxidation sites excluding steroid dienone is 1. The van der Waals surface area contributed by atoms with Gasteiger partial charge >= 0.3 is 6.18 Å². The van der Waals surface area contributed by atoms with E-state index in [-0.39, 0.29) is 0 Å². The van der Waals surface area contributed by atoms with Crippen molar-refractivity contribution in [3.8, 4) is 0 Å². The molecule has 0 atom stereocenters. The van der Waals surface area contributed by atoms with Crippen molar-refractivity contribution in [3.63, 3.8) is 0 Å². The molecule has 0 amide bonds. The molecule has 0 heterocycles. The summed E-state index contributed by atoms with van der Waals surface area (Å²) in [6, 6.07) is 5.05. The zero-order valence-electron chi connectivity index (χ0n) is 9.01. The Morgan fingerprint density at radius 3 is 2.31 bits per heavy atom. The van der Waals surface area contributed by atoms with Gasteiger partial charge in [0, 0.05) is 12.2 Å². The molecule has 0 fully saturated rings. The van der Waals surface area contributed by atoms with Gasteiger partial charge in [-0.1, -0.05) is 12.2 Å². The van der Waals surface area contributed by atoms with E-state index in [0.29, 0.717) is 5.69 Å². The molecule has 0 aliphatic heterocycles. The number of benzene rings is 1. The van der Waals surface area contributed by atoms with E-state index in [1.807, 2.05) is 19.1 Å². The average Bonchev–Trinajstić information content (AvgIpc) is 2.24. The molecule has 0 aliphatic rings. The van der Waals surface area contributed by atoms with Gasteiger partial charge in [0.05, 0.1) is 5.56 Å². The Morgan fingerprint density at radius 2 is 1.81 bits per heavy atom. The van der Waals surface area contributed by atoms with Crippen LogP contribution in [0.4, 0.5) is 18.9 Å². The average molecular weight is 229 g/mol. The maximum absolute atomic E-state index is 12.2. The van der Waals surface area contributed by atoms with Crippen LogP contribution >= 0.6 is 0 Å². The summed E-state index contributed by atoms with van der Waals surface area (Å²) in [4.78, 5) is 0. The lowest BCUT2D eigenvalue weighted by atomic mass is 10.2. The van der Waals surface area contributed by atoms with Crippen LogP contribution in [0.2, 0.25) is 0 Å². The van der Waals surface area contributed by atoms with Gasteiger partial charge in [-0.05, 0) is 37.6 Å². The molecule has 1 rings (SSSR count). The van der Waals surface area contributed by atoms with E-state index in [0.717, 1.165) is 25.1 Å². The molecule has 4 heteroatoms. The summed E-state index contributed by atoms with van der Waals surface area (Å²) in [5, 5.41) is 3.04. The minimum Gasteiger partial charge on any atom is -0.385 e. The summed E-state index contributed by atoms with van der Waals surface area (Å²) in [6.45, 7) is 2.65. The van der Waals surface area contributed by atoms with E-state index in [9.17, 15) is 13.2 Å². The van der Waals surface area contributed by atoms with E-state index in [2.05, 4.69) is 5.32 Å². The lowest BCUT2D eigenvalue weighted by Crippen LogP contribution is -2.05. The zero-order chi connectivity index (χ0) is 12.0. The maximum Gasteiger partial charge on any atom is 0.416 e. The first kappa shape index (κ1) is 12.6. The Bertz CT molecular complexity index is 338. The molecule has 0 unspecified atom stereocenters. The molecule has 0 aromatic heterocycles. The Kier molecular flexibility index (Phi) is 4.40. The summed E-state index contributed by atoms with van der Waals surface area (Å²) < 4.78 is 36.7. The predicted molar refractivity (Wildman–Crippen MR) is 59.4 cm³/mol. The molecule has 88 valence electrons. The molecule has 0 spiro atoms. The highest BCUT2D eigenvalue weighted by Crippen LogP contribution is 2.29. The van der Waals surface area contributed by atoms with Gasteiger partial charge in [0.2, 0.25) is 0 Å². The molecule has 0 aliphatic carbocycles. The first-order valence-corrected chi connectivity index (χ1v) is 5.06. The zero-order valence-corrected chi connectivity index (χ0v) is 9.01. The fraction of sp³-hybridized carbons (Fsp3) is 0.333. The molecule has 1 nitrogen and oxygen atoms in total. The quantitative estimate of drug-likeness (QED) is 0.605. The molecule has 0 saturated heterocycles. The molecular formula is C12H14F3N. The Morgan fingerprint density at radius 1 is 1.19 bits per heavy atom. The van der Waals surface area contributed by atoms with Crippen molar-refractivity contribution in [2.75, 3.05) is 11.9 Å². The third-order valence-electron chi connectivity index (χ3n) is 2.09. The van der Waals surface area contributed by atoms with Crippen molar-refractivity contribution in [2.45, 2.75) is 19.5 Å². The van der Waals surface area contributed by atoms with Crippen molar-refractivity contribution in [1.82, 2.24) is 0 Å². The lowest BCUT2D eigenvalue weighted by Gasteiger charge is -2.08. The summed E-state index contributed by atoms with van der Waals surface area (Å²) in [5.41, 5.74) is 0.0870. The number of halogens is 3. The van der Waals surface area contributed by atoms with E-state index < -0.39 is 11.7 Å². The highest BCUT2D eigenvalue weighted by molar-refractivity contribution is 5.45. The van der Waals surface area contributed by atoms with Gasteiger partial charge in [-0.25, -0.2) is 0 Å². The van der Waals surface area contributed by atoms with Gasteiger partial charge in [0.1, 0.15) is 0 Å². The van der Waals surface area contributed by atoms with Gasteiger partial charge < -0.3 is 5.32 Å². The highest BCUT2D eigenvalue weighted by atomic mass is 19.4. The molecule has 1 aromatic rings. The predicted octanol–water partition coefficient (Wildman–Crippen LogP) is 4.08. The van der Waals surface area contributed by atoms with Crippen LogP contribution in [-0.4, -0.2) is 6.54 Å². The fourth-order valence-electron chi connectivity index (χ4n) is 1.24. The molecule has 1 N–H and O–H groups in total. The van der Waals surface area contributed by atoms with E-state index in [1.54, 1.807) is 0 Å². The lowest BCUT2D eigenvalue weighted by molar-refractivity contribution is -0.137. The Hall–Kier alpha value is -1.45. The monoisotopic (exact) mass is 229 g/mol. The number of alkyl halides is 3. The van der Waals surface area contributed by atoms with Crippen LogP contribution in [0.1, 0.15) is 18.9 Å². The van der Waals surface area contributed by atoms with Crippen LogP contribution in [0, 0.1) is 0 Å². The minimum absolute atomic E-state index is 0.619. The largest absolute Gasteiger partial charge is 0.416 e. The third-order valence-corrected chi connectivity index (χ3v) is 2.09. The van der Waals surface area contributed by atoms with Crippen molar-refractivity contribution >= 4 is 5.69 Å². The van der Waals surface area contributed by atoms with Gasteiger partial charge in [0.25, 0.3) is 0 Å². The molecule has 0 bridgehead atoms. The van der Waals surface area contributed by atoms with Crippen LogP contribution < -0.4 is 5.32 Å². The third kappa shape index (κ3) is 3.96. The standard InChI is InChI=1S/C12H14F3N/c1-2-3-4-9-16-11-7-5-10(6-8-11)12(13,14)15/h2-3,5-8,16H,4,9H2,1H3/b3-2+. The van der Waals surface area contributed by atoms with Crippen LogP contribution in [0.15, 0.2) is 36.4 Å². The molecule has 16 heavy (non-hydrogen) atoms. The summed E-state index contributed by atoms with van der Waals surface area (Å²) in [7, 11) is 0. The molecule has 1 aromatic carbocycles. The van der Waals surface area contributed by atoms with Gasteiger partial charge in [-0.3, -0.25) is 0 Å². The molecular weight excluding hydrogens is 215 g/mol. The fourth-order valence-corrected chi connectivity index (χ4v) is 1.24. The van der Waals surface area contributed by atoms with Crippen molar-refractivity contribution in [3.05, 3.63) is 42.0 Å². The van der Waals surface area contributed by atoms with Crippen molar-refractivity contribution in [2.24, 2.45) is 0 Å². The number of anilines is 1. The van der Waals surface area contributed by atoms with Gasteiger partial charge in [-0.2, -0.15) is 13.2 Å². The van der Waals surface area contributed by atoms with Crippen molar-refractivity contribution < 1.29 is 13.2 Å². The summed E-state index contributed by atoms with van der Waals surface area (Å²) in [5.74, 6) is 0. The normalized spacial score (nSPS) is 12.0. The second-order valence-corrected chi connectivity index (χ2v) is 3.36. The highest BCUT2D eigenvalue weighted by Gasteiger charge is 2.29. The van der Waals surface area contributed by atoms with E-state index in [4.69, 9.17) is 0 Å². The number of nitrogens with one attached hydrogen (secondary N) is 1. The maximum atomic E-state index is 12.2. The first-order valence-electron chi connectivity index (χ1n) is 5.06. The second kappa shape index (κ2) is 5.58. The summed E-state index contributed by atoms with van der Waals surface area (Å²) >= 11 is 0.